The number of hydrogen-bond donors (Lipinski definition) is 2. The van der Waals surface area contributed by atoms with E-state index in [1.807, 2.05) is 36.4 Å². The molecule has 1 heterocycles. The summed E-state index contributed by atoms with van der Waals surface area (Å²) in [7, 11) is 0. The van der Waals surface area contributed by atoms with Crippen LogP contribution in [0.5, 0.6) is 0 Å². The van der Waals surface area contributed by atoms with E-state index in [0.29, 0.717) is 22.5 Å². The smallest absolute Gasteiger partial charge is 0.187 e. The van der Waals surface area contributed by atoms with Gasteiger partial charge in [-0.25, -0.2) is 0 Å². The van der Waals surface area contributed by atoms with Gasteiger partial charge in [-0.1, -0.05) is 73.5 Å². The van der Waals surface area contributed by atoms with Crippen molar-refractivity contribution >= 4 is 11.6 Å². The first-order chi connectivity index (χ1) is 13.7. The summed E-state index contributed by atoms with van der Waals surface area (Å²) in [5, 5.41) is 7.04. The first kappa shape index (κ1) is 18.2. The molecule has 1 aliphatic heterocycles. The highest BCUT2D eigenvalue weighted by Crippen LogP contribution is 2.26. The molecule has 0 amide bonds. The van der Waals surface area contributed by atoms with Crippen LogP contribution in [-0.2, 0) is 0 Å². The van der Waals surface area contributed by atoms with Crippen LogP contribution in [0.1, 0.15) is 46.4 Å². The standard InChI is InChI=1S/C24H24N2O2/c27-23(17-9-3-1-4-10-17)15-21-22(16-24(28)18-11-5-2-6-12-18)26-20-14-8-7-13-19(20)25-21/h1-6,9-12,15-16,19-20,25-26H,7-8,13-14H2/t19-,20+. The van der Waals surface area contributed by atoms with E-state index in [4.69, 9.17) is 0 Å². The van der Waals surface area contributed by atoms with Crippen molar-refractivity contribution in [1.29, 1.82) is 0 Å². The van der Waals surface area contributed by atoms with E-state index in [1.165, 1.54) is 12.8 Å². The number of carbonyl (C=O) groups excluding carboxylic acids is 2. The molecule has 4 rings (SSSR count). The quantitative estimate of drug-likeness (QED) is 0.629. The van der Waals surface area contributed by atoms with Crippen LogP contribution in [-0.4, -0.2) is 23.7 Å². The molecule has 2 N–H and O–H groups in total. The van der Waals surface area contributed by atoms with Crippen molar-refractivity contribution in [3.05, 3.63) is 95.3 Å². The second kappa shape index (κ2) is 8.26. The summed E-state index contributed by atoms with van der Waals surface area (Å²) < 4.78 is 0. The monoisotopic (exact) mass is 372 g/mol. The Hall–Kier alpha value is -3.14. The zero-order valence-electron chi connectivity index (χ0n) is 15.7. The van der Waals surface area contributed by atoms with Gasteiger partial charge in [0.2, 0.25) is 0 Å². The Bertz CT molecular complexity index is 839. The van der Waals surface area contributed by atoms with Crippen LogP contribution in [0, 0.1) is 0 Å². The fourth-order valence-corrected chi connectivity index (χ4v) is 3.90. The third kappa shape index (κ3) is 4.06. The molecule has 4 nitrogen and oxygen atoms in total. The van der Waals surface area contributed by atoms with E-state index in [-0.39, 0.29) is 23.7 Å². The summed E-state index contributed by atoms with van der Waals surface area (Å²) in [5.41, 5.74) is 2.66. The van der Waals surface area contributed by atoms with Crippen molar-refractivity contribution in [3.63, 3.8) is 0 Å². The summed E-state index contributed by atoms with van der Waals surface area (Å²) in [6, 6.07) is 19.0. The number of allylic oxidation sites excluding steroid dienone is 2. The van der Waals surface area contributed by atoms with Crippen molar-refractivity contribution < 1.29 is 9.59 Å². The maximum Gasteiger partial charge on any atom is 0.187 e. The minimum atomic E-state index is -0.0720. The number of fused-ring (bicyclic) bond motifs is 1. The van der Waals surface area contributed by atoms with Gasteiger partial charge in [-0.2, -0.15) is 0 Å². The molecule has 2 aliphatic rings. The molecular formula is C24H24N2O2. The third-order valence-corrected chi connectivity index (χ3v) is 5.41. The lowest BCUT2D eigenvalue weighted by molar-refractivity contribution is 0.103. The molecule has 0 radical (unpaired) electrons. The number of hydrogen-bond acceptors (Lipinski definition) is 4. The van der Waals surface area contributed by atoms with E-state index in [2.05, 4.69) is 10.6 Å². The second-order valence-corrected chi connectivity index (χ2v) is 7.36. The van der Waals surface area contributed by atoms with Crippen molar-refractivity contribution in [2.24, 2.45) is 0 Å². The highest BCUT2D eigenvalue weighted by Gasteiger charge is 2.31. The summed E-state index contributed by atoms with van der Waals surface area (Å²) in [6.45, 7) is 0. The number of benzene rings is 2. The number of carbonyl (C=O) groups is 2. The summed E-state index contributed by atoms with van der Waals surface area (Å²) >= 11 is 0. The number of ketones is 2. The zero-order valence-corrected chi connectivity index (χ0v) is 15.7. The number of rotatable bonds is 4. The van der Waals surface area contributed by atoms with Crippen molar-refractivity contribution in [2.75, 3.05) is 0 Å². The van der Waals surface area contributed by atoms with Gasteiger partial charge < -0.3 is 10.6 Å². The molecule has 1 saturated carbocycles. The van der Waals surface area contributed by atoms with Gasteiger partial charge in [-0.15, -0.1) is 0 Å². The molecule has 2 aromatic carbocycles. The predicted molar refractivity (Wildman–Crippen MR) is 110 cm³/mol. The van der Waals surface area contributed by atoms with E-state index >= 15 is 0 Å². The summed E-state index contributed by atoms with van der Waals surface area (Å²) in [4.78, 5) is 25.4. The van der Waals surface area contributed by atoms with Crippen molar-refractivity contribution in [1.82, 2.24) is 10.6 Å². The molecule has 4 heteroatoms. The Morgan fingerprint density at radius 2 is 1.07 bits per heavy atom. The molecule has 1 saturated heterocycles. The van der Waals surface area contributed by atoms with Gasteiger partial charge in [0.05, 0.1) is 11.4 Å². The Kier molecular flexibility index (Phi) is 5.38. The van der Waals surface area contributed by atoms with Crippen molar-refractivity contribution in [3.8, 4) is 0 Å². The fraction of sp³-hybridized carbons (Fsp3) is 0.250. The molecule has 2 aromatic rings. The average Bonchev–Trinajstić information content (AvgIpc) is 2.75. The minimum absolute atomic E-state index is 0.0720. The second-order valence-electron chi connectivity index (χ2n) is 7.36. The van der Waals surface area contributed by atoms with Gasteiger partial charge in [0.25, 0.3) is 0 Å². The normalized spacial score (nSPS) is 24.1. The molecule has 1 aliphatic carbocycles. The van der Waals surface area contributed by atoms with Gasteiger partial charge in [-0.3, -0.25) is 9.59 Å². The zero-order chi connectivity index (χ0) is 19.3. The van der Waals surface area contributed by atoms with Gasteiger partial charge in [-0.05, 0) is 12.8 Å². The summed E-state index contributed by atoms with van der Waals surface area (Å²) in [5.74, 6) is -0.144. The lowest BCUT2D eigenvalue weighted by atomic mass is 9.87. The van der Waals surface area contributed by atoms with E-state index < -0.39 is 0 Å². The van der Waals surface area contributed by atoms with Crippen LogP contribution < -0.4 is 10.6 Å². The highest BCUT2D eigenvalue weighted by molar-refractivity contribution is 6.07. The predicted octanol–water partition coefficient (Wildman–Crippen LogP) is 4.02. The van der Waals surface area contributed by atoms with Gasteiger partial charge in [0.1, 0.15) is 0 Å². The molecule has 2 fully saturated rings. The molecular weight excluding hydrogens is 348 g/mol. The lowest BCUT2D eigenvalue weighted by Crippen LogP contribution is -2.55. The van der Waals surface area contributed by atoms with Gasteiger partial charge >= 0.3 is 0 Å². The average molecular weight is 372 g/mol. The number of nitrogens with one attached hydrogen (secondary N) is 2. The molecule has 0 spiro atoms. The Morgan fingerprint density at radius 1 is 0.679 bits per heavy atom. The molecule has 0 aromatic heterocycles. The van der Waals surface area contributed by atoms with Crippen LogP contribution in [0.25, 0.3) is 0 Å². The van der Waals surface area contributed by atoms with Crippen LogP contribution >= 0.6 is 0 Å². The Morgan fingerprint density at radius 3 is 1.46 bits per heavy atom. The van der Waals surface area contributed by atoms with Gasteiger partial charge in [0.15, 0.2) is 11.6 Å². The van der Waals surface area contributed by atoms with Crippen LogP contribution in [0.4, 0.5) is 0 Å². The van der Waals surface area contributed by atoms with Crippen LogP contribution in [0.2, 0.25) is 0 Å². The van der Waals surface area contributed by atoms with E-state index in [0.717, 1.165) is 12.8 Å². The fourth-order valence-electron chi connectivity index (χ4n) is 3.90. The lowest BCUT2D eigenvalue weighted by Gasteiger charge is -2.40. The Balaban J connectivity index is 1.65. The summed E-state index contributed by atoms with van der Waals surface area (Å²) in [6.07, 6.45) is 7.70. The number of piperazine rings is 1. The third-order valence-electron chi connectivity index (χ3n) is 5.41. The maximum atomic E-state index is 12.7. The van der Waals surface area contributed by atoms with Crippen molar-refractivity contribution in [2.45, 2.75) is 37.8 Å². The highest BCUT2D eigenvalue weighted by atomic mass is 16.1. The molecule has 0 unspecified atom stereocenters. The maximum absolute atomic E-state index is 12.7. The van der Waals surface area contributed by atoms with Crippen LogP contribution in [0.15, 0.2) is 84.2 Å². The molecule has 2 atom stereocenters. The topological polar surface area (TPSA) is 58.2 Å². The molecule has 0 bridgehead atoms. The largest absolute Gasteiger partial charge is 0.378 e. The minimum Gasteiger partial charge on any atom is -0.378 e. The van der Waals surface area contributed by atoms with Crippen LogP contribution in [0.3, 0.4) is 0 Å². The molecule has 142 valence electrons. The van der Waals surface area contributed by atoms with E-state index in [1.54, 1.807) is 36.4 Å². The Labute approximate surface area is 165 Å². The van der Waals surface area contributed by atoms with E-state index in [9.17, 15) is 9.59 Å². The first-order valence-corrected chi connectivity index (χ1v) is 9.86. The first-order valence-electron chi connectivity index (χ1n) is 9.86. The molecule has 28 heavy (non-hydrogen) atoms. The SMILES string of the molecule is O=C(C=C1N[C@H]2CCCC[C@H]2NC1=CC(=O)c1ccccc1)c1ccccc1. The van der Waals surface area contributed by atoms with Gasteiger partial charge in [0, 0.05) is 35.4 Å².